The second-order valence-electron chi connectivity index (χ2n) is 12.6. The highest BCUT2D eigenvalue weighted by Gasteiger charge is 2.44. The van der Waals surface area contributed by atoms with E-state index in [4.69, 9.17) is 4.74 Å². The Labute approximate surface area is 273 Å². The van der Waals surface area contributed by atoms with Gasteiger partial charge in [-0.2, -0.15) is 0 Å². The molecule has 46 heavy (non-hydrogen) atoms. The van der Waals surface area contributed by atoms with Gasteiger partial charge < -0.3 is 14.5 Å². The van der Waals surface area contributed by atoms with Gasteiger partial charge in [0.05, 0.1) is 0 Å². The van der Waals surface area contributed by atoms with Crippen LogP contribution >= 0.6 is 0 Å². The summed E-state index contributed by atoms with van der Waals surface area (Å²) in [6.07, 6.45) is 2.79. The van der Waals surface area contributed by atoms with Crippen LogP contribution in [0.1, 0.15) is 69.7 Å². The van der Waals surface area contributed by atoms with Crippen molar-refractivity contribution in [2.75, 3.05) is 45.9 Å². The van der Waals surface area contributed by atoms with E-state index in [2.05, 4.69) is 64.4 Å². The van der Waals surface area contributed by atoms with E-state index in [1.807, 2.05) is 67.3 Å². The van der Waals surface area contributed by atoms with Gasteiger partial charge in [0.1, 0.15) is 12.4 Å². The van der Waals surface area contributed by atoms with Gasteiger partial charge in [-0.15, -0.1) is 0 Å². The highest BCUT2D eigenvalue weighted by atomic mass is 16.5. The molecule has 2 aliphatic rings. The van der Waals surface area contributed by atoms with Gasteiger partial charge in [0, 0.05) is 55.7 Å². The summed E-state index contributed by atoms with van der Waals surface area (Å²) in [6, 6.07) is 34.8. The predicted molar refractivity (Wildman–Crippen MR) is 183 cm³/mol. The number of ether oxygens (including phenoxy) is 1. The zero-order valence-electron chi connectivity index (χ0n) is 27.2. The van der Waals surface area contributed by atoms with E-state index < -0.39 is 0 Å². The zero-order valence-corrected chi connectivity index (χ0v) is 27.2. The second kappa shape index (κ2) is 14.3. The molecule has 1 saturated heterocycles. The fourth-order valence-corrected chi connectivity index (χ4v) is 7.14. The molecule has 6 rings (SSSR count). The molecule has 6 nitrogen and oxygen atoms in total. The van der Waals surface area contributed by atoms with Crippen LogP contribution in [0.25, 0.3) is 0 Å². The van der Waals surface area contributed by atoms with Crippen molar-refractivity contribution in [3.63, 3.8) is 0 Å². The van der Waals surface area contributed by atoms with Crippen LogP contribution in [0.5, 0.6) is 5.75 Å². The lowest BCUT2D eigenvalue weighted by Gasteiger charge is -2.48. The topological polar surface area (TPSA) is 53.1 Å². The van der Waals surface area contributed by atoms with Crippen molar-refractivity contribution < 1.29 is 14.3 Å². The Bertz CT molecular complexity index is 1620. The lowest BCUT2D eigenvalue weighted by molar-refractivity contribution is 0.0551. The van der Waals surface area contributed by atoms with Crippen molar-refractivity contribution in [3.05, 3.63) is 137 Å². The molecule has 2 amide bonds. The maximum absolute atomic E-state index is 13.5. The number of hydrogen-bond donors (Lipinski definition) is 0. The van der Waals surface area contributed by atoms with E-state index in [0.717, 1.165) is 73.4 Å². The fourth-order valence-electron chi connectivity index (χ4n) is 7.14. The molecule has 1 spiro atoms. The summed E-state index contributed by atoms with van der Waals surface area (Å²) >= 11 is 0. The maximum Gasteiger partial charge on any atom is 0.254 e. The normalized spacial score (nSPS) is 15.9. The number of nitrogens with zero attached hydrogens (tertiary/aromatic N) is 3. The van der Waals surface area contributed by atoms with Crippen LogP contribution in [0.4, 0.5) is 0 Å². The Morgan fingerprint density at radius 2 is 1.48 bits per heavy atom. The molecule has 0 radical (unpaired) electrons. The van der Waals surface area contributed by atoms with Crippen LogP contribution in [0.3, 0.4) is 0 Å². The first-order chi connectivity index (χ1) is 22.5. The van der Waals surface area contributed by atoms with Gasteiger partial charge in [-0.3, -0.25) is 14.5 Å². The van der Waals surface area contributed by atoms with Gasteiger partial charge in [0.2, 0.25) is 0 Å². The van der Waals surface area contributed by atoms with Gasteiger partial charge in [0.25, 0.3) is 11.8 Å². The SMILES string of the molecule is CCN(CC)C(=O)c1ccc(Cc2ccccc2OCCN2CCC3(CC2)CN(Cc2ccccc2)C(=O)c2ccccc23)cc1. The summed E-state index contributed by atoms with van der Waals surface area (Å²) in [7, 11) is 0. The minimum atomic E-state index is -0.0191. The van der Waals surface area contributed by atoms with Crippen LogP contribution in [0.15, 0.2) is 103 Å². The molecule has 4 aromatic carbocycles. The average molecular weight is 616 g/mol. The molecule has 1 fully saturated rings. The number of hydrogen-bond acceptors (Lipinski definition) is 4. The van der Waals surface area contributed by atoms with Gasteiger partial charge in [-0.05, 0) is 86.3 Å². The van der Waals surface area contributed by atoms with E-state index in [9.17, 15) is 9.59 Å². The number of rotatable bonds is 11. The first-order valence-corrected chi connectivity index (χ1v) is 16.7. The summed E-state index contributed by atoms with van der Waals surface area (Å²) in [5.41, 5.74) is 6.26. The van der Waals surface area contributed by atoms with Gasteiger partial charge in [-0.25, -0.2) is 0 Å². The van der Waals surface area contributed by atoms with Gasteiger partial charge >= 0.3 is 0 Å². The largest absolute Gasteiger partial charge is 0.492 e. The van der Waals surface area contributed by atoms with Crippen molar-refractivity contribution >= 4 is 11.8 Å². The Morgan fingerprint density at radius 1 is 0.804 bits per heavy atom. The van der Waals surface area contributed by atoms with Gasteiger partial charge in [-0.1, -0.05) is 78.9 Å². The third-order valence-corrected chi connectivity index (χ3v) is 9.82. The van der Waals surface area contributed by atoms with E-state index in [1.54, 1.807) is 0 Å². The molecular formula is C40H45N3O3. The Morgan fingerprint density at radius 3 is 2.22 bits per heavy atom. The second-order valence-corrected chi connectivity index (χ2v) is 12.6. The number of likely N-dealkylation sites (tertiary alicyclic amines) is 1. The van der Waals surface area contributed by atoms with Crippen molar-refractivity contribution in [1.29, 1.82) is 0 Å². The van der Waals surface area contributed by atoms with Crippen molar-refractivity contribution in [1.82, 2.24) is 14.7 Å². The number of benzene rings is 4. The molecule has 0 N–H and O–H groups in total. The van der Waals surface area contributed by atoms with E-state index in [-0.39, 0.29) is 17.2 Å². The van der Waals surface area contributed by atoms with Gasteiger partial charge in [0.15, 0.2) is 0 Å². The molecule has 0 saturated carbocycles. The summed E-state index contributed by atoms with van der Waals surface area (Å²) in [6.45, 7) is 10.3. The summed E-state index contributed by atoms with van der Waals surface area (Å²) < 4.78 is 6.37. The number of para-hydroxylation sites is 1. The summed E-state index contributed by atoms with van der Waals surface area (Å²) in [4.78, 5) is 32.6. The molecule has 0 atom stereocenters. The van der Waals surface area contributed by atoms with Crippen LogP contribution in [-0.2, 0) is 18.4 Å². The molecule has 0 bridgehead atoms. The molecule has 0 aliphatic carbocycles. The predicted octanol–water partition coefficient (Wildman–Crippen LogP) is 6.83. The minimum absolute atomic E-state index is 0.0191. The van der Waals surface area contributed by atoms with Crippen molar-refractivity contribution in [3.8, 4) is 5.75 Å². The molecule has 0 unspecified atom stereocenters. The average Bonchev–Trinajstić information content (AvgIpc) is 3.10. The van der Waals surface area contributed by atoms with Crippen molar-refractivity contribution in [2.24, 2.45) is 0 Å². The zero-order chi connectivity index (χ0) is 31.9. The van der Waals surface area contributed by atoms with Crippen LogP contribution in [0, 0.1) is 0 Å². The highest BCUT2D eigenvalue weighted by Crippen LogP contribution is 2.42. The number of piperidine rings is 1. The molecule has 238 valence electrons. The quantitative estimate of drug-likeness (QED) is 0.186. The number of carbonyl (C=O) groups is 2. The number of amides is 2. The lowest BCUT2D eigenvalue weighted by Crippen LogP contribution is -2.54. The minimum Gasteiger partial charge on any atom is -0.492 e. The third-order valence-electron chi connectivity index (χ3n) is 9.82. The molecule has 2 aliphatic heterocycles. The van der Waals surface area contributed by atoms with Crippen LogP contribution < -0.4 is 4.74 Å². The third kappa shape index (κ3) is 6.87. The monoisotopic (exact) mass is 615 g/mol. The van der Waals surface area contributed by atoms with Crippen molar-refractivity contribution in [2.45, 2.75) is 45.1 Å². The molecule has 4 aromatic rings. The number of fused-ring (bicyclic) bond motifs is 2. The smallest absolute Gasteiger partial charge is 0.254 e. The molecule has 0 aromatic heterocycles. The fraction of sp³-hybridized carbons (Fsp3) is 0.350. The molecule has 6 heteroatoms. The van der Waals surface area contributed by atoms with Crippen LogP contribution in [-0.4, -0.2) is 72.4 Å². The lowest BCUT2D eigenvalue weighted by atomic mass is 9.68. The number of carbonyl (C=O) groups excluding carboxylic acids is 2. The van der Waals surface area contributed by atoms with Crippen LogP contribution in [0.2, 0.25) is 0 Å². The summed E-state index contributed by atoms with van der Waals surface area (Å²) in [5, 5.41) is 0. The molecular weight excluding hydrogens is 570 g/mol. The highest BCUT2D eigenvalue weighted by molar-refractivity contribution is 5.97. The Balaban J connectivity index is 1.05. The first kappa shape index (κ1) is 31.6. The molecule has 2 heterocycles. The Hall–Kier alpha value is -4.42. The first-order valence-electron chi connectivity index (χ1n) is 16.7. The maximum atomic E-state index is 13.5. The standard InChI is InChI=1S/C40H45N3O3/c1-3-42(4-2)38(44)33-20-18-31(19-21-33)28-34-14-8-11-17-37(34)46-27-26-41-24-22-40(23-25-41)30-43(29-32-12-6-5-7-13-32)39(45)35-15-9-10-16-36(35)40/h5-21H,3-4,22-30H2,1-2H3. The Kier molecular flexibility index (Phi) is 9.84. The summed E-state index contributed by atoms with van der Waals surface area (Å²) in [5.74, 6) is 1.13. The van der Waals surface area contributed by atoms with E-state index in [0.29, 0.717) is 26.2 Å². The van der Waals surface area contributed by atoms with E-state index in [1.165, 1.54) is 11.1 Å². The van der Waals surface area contributed by atoms with E-state index >= 15 is 0 Å².